The van der Waals surface area contributed by atoms with E-state index in [1.807, 2.05) is 30.3 Å². The van der Waals surface area contributed by atoms with Crippen LogP contribution < -0.4 is 10.6 Å². The van der Waals surface area contributed by atoms with Gasteiger partial charge in [0.15, 0.2) is 0 Å². The molecule has 21 heavy (non-hydrogen) atoms. The van der Waals surface area contributed by atoms with Crippen LogP contribution in [0.1, 0.15) is 26.3 Å². The number of ether oxygens (including phenoxy) is 1. The van der Waals surface area contributed by atoms with E-state index in [0.717, 1.165) is 5.56 Å². The fraction of sp³-hybridized carbons (Fsp3) is 0.400. The monoisotopic (exact) mass is 292 g/mol. The molecule has 114 valence electrons. The summed E-state index contributed by atoms with van der Waals surface area (Å²) in [6, 6.07) is 7.78. The van der Waals surface area contributed by atoms with E-state index in [4.69, 9.17) is 4.74 Å². The highest BCUT2D eigenvalue weighted by Crippen LogP contribution is 2.02. The minimum Gasteiger partial charge on any atom is -0.459 e. The van der Waals surface area contributed by atoms with Gasteiger partial charge in [-0.25, -0.2) is 4.79 Å². The lowest BCUT2D eigenvalue weighted by atomic mass is 10.2. The highest BCUT2D eigenvalue weighted by molar-refractivity contribution is 5.89. The summed E-state index contributed by atoms with van der Waals surface area (Å²) in [6.07, 6.45) is 0. The summed E-state index contributed by atoms with van der Waals surface area (Å²) in [7, 11) is 0. The van der Waals surface area contributed by atoms with Crippen molar-refractivity contribution in [1.29, 1.82) is 0 Å². The lowest BCUT2D eigenvalue weighted by Gasteiger charge is -2.17. The molecule has 0 bridgehead atoms. The van der Waals surface area contributed by atoms with Crippen LogP contribution in [0.25, 0.3) is 0 Å². The molecule has 2 N–H and O–H groups in total. The van der Waals surface area contributed by atoms with Gasteiger partial charge in [0.25, 0.3) is 0 Å². The largest absolute Gasteiger partial charge is 0.459 e. The second kappa shape index (κ2) is 8.04. The molecule has 0 unspecified atom stereocenters. The van der Waals surface area contributed by atoms with Gasteiger partial charge in [-0.2, -0.15) is 0 Å². The topological polar surface area (TPSA) is 84.5 Å². The first kappa shape index (κ1) is 16.7. The Morgan fingerprint density at radius 3 is 2.24 bits per heavy atom. The van der Waals surface area contributed by atoms with Crippen molar-refractivity contribution in [2.75, 3.05) is 0 Å². The maximum Gasteiger partial charge on any atom is 0.328 e. The quantitative estimate of drug-likeness (QED) is 0.758. The number of esters is 1. The summed E-state index contributed by atoms with van der Waals surface area (Å²) in [5.41, 5.74) is 0.871. The van der Waals surface area contributed by atoms with Crippen molar-refractivity contribution >= 4 is 17.8 Å². The lowest BCUT2D eigenvalue weighted by molar-refractivity contribution is -0.148. The fourth-order valence-electron chi connectivity index (χ4n) is 1.62. The molecule has 0 aromatic heterocycles. The van der Waals surface area contributed by atoms with Crippen molar-refractivity contribution in [2.24, 2.45) is 0 Å². The Morgan fingerprint density at radius 2 is 1.67 bits per heavy atom. The van der Waals surface area contributed by atoms with Crippen LogP contribution in [0.3, 0.4) is 0 Å². The third-order valence-corrected chi connectivity index (χ3v) is 2.75. The molecule has 0 saturated heterocycles. The van der Waals surface area contributed by atoms with Gasteiger partial charge in [0.1, 0.15) is 18.7 Å². The Kier molecular flexibility index (Phi) is 6.39. The van der Waals surface area contributed by atoms with E-state index in [0.29, 0.717) is 0 Å². The van der Waals surface area contributed by atoms with Crippen molar-refractivity contribution in [2.45, 2.75) is 39.5 Å². The molecular formula is C15H20N2O4. The molecule has 0 aliphatic heterocycles. The molecule has 0 spiro atoms. The highest BCUT2D eigenvalue weighted by atomic mass is 16.5. The Morgan fingerprint density at radius 1 is 1.05 bits per heavy atom. The second-order valence-corrected chi connectivity index (χ2v) is 4.75. The van der Waals surface area contributed by atoms with Gasteiger partial charge in [0.2, 0.25) is 11.8 Å². The number of hydrogen-bond donors (Lipinski definition) is 2. The predicted octanol–water partition coefficient (Wildman–Crippen LogP) is 0.759. The Bertz CT molecular complexity index is 502. The van der Waals surface area contributed by atoms with E-state index in [9.17, 15) is 14.4 Å². The Balaban J connectivity index is 2.40. The molecule has 1 aromatic rings. The zero-order valence-corrected chi connectivity index (χ0v) is 12.4. The summed E-state index contributed by atoms with van der Waals surface area (Å²) in [5, 5.41) is 4.93. The summed E-state index contributed by atoms with van der Waals surface area (Å²) in [6.45, 7) is 4.55. The predicted molar refractivity (Wildman–Crippen MR) is 77.1 cm³/mol. The van der Waals surface area contributed by atoms with Gasteiger partial charge in [-0.15, -0.1) is 0 Å². The van der Waals surface area contributed by atoms with E-state index in [2.05, 4.69) is 10.6 Å². The zero-order chi connectivity index (χ0) is 15.8. The van der Waals surface area contributed by atoms with Crippen LogP contribution in [0.4, 0.5) is 0 Å². The van der Waals surface area contributed by atoms with Gasteiger partial charge < -0.3 is 15.4 Å². The van der Waals surface area contributed by atoms with Crippen LogP contribution in [0, 0.1) is 0 Å². The van der Waals surface area contributed by atoms with E-state index in [1.54, 1.807) is 6.92 Å². The molecule has 0 aliphatic carbocycles. The van der Waals surface area contributed by atoms with Crippen molar-refractivity contribution in [3.05, 3.63) is 35.9 Å². The first-order chi connectivity index (χ1) is 9.90. The Hall–Kier alpha value is -2.37. The number of nitrogens with one attached hydrogen (secondary N) is 2. The normalized spacial score (nSPS) is 12.9. The molecule has 0 radical (unpaired) electrons. The van der Waals surface area contributed by atoms with Crippen LogP contribution in [-0.4, -0.2) is 29.9 Å². The van der Waals surface area contributed by atoms with Gasteiger partial charge in [0.05, 0.1) is 0 Å². The lowest BCUT2D eigenvalue weighted by Crippen LogP contribution is -2.49. The maximum atomic E-state index is 11.8. The van der Waals surface area contributed by atoms with Crippen molar-refractivity contribution in [1.82, 2.24) is 10.6 Å². The summed E-state index contributed by atoms with van der Waals surface area (Å²) in [5.74, 6) is -1.27. The molecule has 6 nitrogen and oxygen atoms in total. The maximum absolute atomic E-state index is 11.8. The van der Waals surface area contributed by atoms with E-state index < -0.39 is 24.0 Å². The molecule has 2 amide bonds. The number of amides is 2. The van der Waals surface area contributed by atoms with Crippen molar-refractivity contribution in [3.8, 4) is 0 Å². The summed E-state index contributed by atoms with van der Waals surface area (Å²) in [4.78, 5) is 34.4. The molecule has 1 rings (SSSR count). The number of rotatable bonds is 6. The molecule has 0 heterocycles. The third kappa shape index (κ3) is 6.07. The zero-order valence-electron chi connectivity index (χ0n) is 12.4. The van der Waals surface area contributed by atoms with Gasteiger partial charge in [-0.05, 0) is 19.4 Å². The highest BCUT2D eigenvalue weighted by Gasteiger charge is 2.21. The molecule has 0 saturated carbocycles. The first-order valence-corrected chi connectivity index (χ1v) is 6.68. The molecule has 2 atom stereocenters. The smallest absolute Gasteiger partial charge is 0.328 e. The average molecular weight is 292 g/mol. The second-order valence-electron chi connectivity index (χ2n) is 4.75. The Labute approximate surface area is 123 Å². The molecule has 1 aromatic carbocycles. The number of benzene rings is 1. The number of hydrogen-bond acceptors (Lipinski definition) is 4. The average Bonchev–Trinajstić information content (AvgIpc) is 2.44. The van der Waals surface area contributed by atoms with Gasteiger partial charge in [0, 0.05) is 6.92 Å². The summed E-state index contributed by atoms with van der Waals surface area (Å²) < 4.78 is 5.11. The van der Waals surface area contributed by atoms with Crippen LogP contribution in [0.5, 0.6) is 0 Å². The summed E-state index contributed by atoms with van der Waals surface area (Å²) >= 11 is 0. The van der Waals surface area contributed by atoms with Gasteiger partial charge in [-0.3, -0.25) is 9.59 Å². The van der Waals surface area contributed by atoms with E-state index >= 15 is 0 Å². The van der Waals surface area contributed by atoms with Crippen LogP contribution in [-0.2, 0) is 25.7 Å². The van der Waals surface area contributed by atoms with Crippen molar-refractivity contribution < 1.29 is 19.1 Å². The van der Waals surface area contributed by atoms with Gasteiger partial charge in [-0.1, -0.05) is 30.3 Å². The minimum absolute atomic E-state index is 0.154. The fourth-order valence-corrected chi connectivity index (χ4v) is 1.62. The van der Waals surface area contributed by atoms with Gasteiger partial charge >= 0.3 is 5.97 Å². The minimum atomic E-state index is -0.780. The third-order valence-electron chi connectivity index (χ3n) is 2.75. The molecule has 6 heteroatoms. The number of carbonyl (C=O) groups is 3. The van der Waals surface area contributed by atoms with Crippen molar-refractivity contribution in [3.63, 3.8) is 0 Å². The van der Waals surface area contributed by atoms with E-state index in [1.165, 1.54) is 13.8 Å². The SMILES string of the molecule is CC(=O)N[C@@H](C)C(=O)N[C@H](C)C(=O)OCc1ccccc1. The standard InChI is InChI=1S/C15H20N2O4/c1-10(16-12(3)18)14(19)17-11(2)15(20)21-9-13-7-5-4-6-8-13/h4-8,10-11H,9H2,1-3H3,(H,16,18)(H,17,19)/t10-,11+/m0/s1. The molecule has 0 fully saturated rings. The van der Waals surface area contributed by atoms with Crippen LogP contribution in [0.15, 0.2) is 30.3 Å². The molecular weight excluding hydrogens is 272 g/mol. The van der Waals surface area contributed by atoms with Crippen LogP contribution in [0.2, 0.25) is 0 Å². The number of carbonyl (C=O) groups excluding carboxylic acids is 3. The molecule has 0 aliphatic rings. The van der Waals surface area contributed by atoms with Crippen LogP contribution >= 0.6 is 0 Å². The first-order valence-electron chi connectivity index (χ1n) is 6.68. The van der Waals surface area contributed by atoms with E-state index in [-0.39, 0.29) is 12.5 Å².